The third-order valence-electron chi connectivity index (χ3n) is 15.1. The minimum atomic E-state index is -1.55. The van der Waals surface area contributed by atoms with E-state index >= 15 is 0 Å². The molecule has 1 spiro atoms. The lowest BCUT2D eigenvalue weighted by molar-refractivity contribution is -0.191. The van der Waals surface area contributed by atoms with E-state index < -0.39 is 88.1 Å². The Hall–Kier alpha value is -4.14. The number of carbonyl (C=O) groups excluding carboxylic acids is 6. The molecular weight excluding hydrogens is 716 g/mol. The van der Waals surface area contributed by atoms with Gasteiger partial charge in [-0.3, -0.25) is 14.4 Å². The first kappa shape index (κ1) is 37.8. The van der Waals surface area contributed by atoms with Crippen LogP contribution >= 0.6 is 0 Å². The number of ketones is 1. The predicted molar refractivity (Wildman–Crippen MR) is 187 cm³/mol. The summed E-state index contributed by atoms with van der Waals surface area (Å²) in [5, 5.41) is 34.0. The maximum Gasteiger partial charge on any atom is 0.338 e. The van der Waals surface area contributed by atoms with Crippen LogP contribution < -0.4 is 0 Å². The van der Waals surface area contributed by atoms with Crippen LogP contribution in [0.25, 0.3) is 0 Å². The molecule has 5 saturated carbocycles. The van der Waals surface area contributed by atoms with E-state index in [0.29, 0.717) is 24.0 Å². The van der Waals surface area contributed by atoms with Crippen molar-refractivity contribution in [1.29, 1.82) is 0 Å². The summed E-state index contributed by atoms with van der Waals surface area (Å²) in [5.74, 6) is -6.56. The number of esters is 5. The zero-order valence-corrected chi connectivity index (χ0v) is 31.9. The second kappa shape index (κ2) is 12.4. The number of carbonyl (C=O) groups is 6. The fourth-order valence-corrected chi connectivity index (χ4v) is 12.5. The van der Waals surface area contributed by atoms with Gasteiger partial charge in [0, 0.05) is 34.5 Å². The van der Waals surface area contributed by atoms with Gasteiger partial charge in [0.2, 0.25) is 0 Å². The van der Waals surface area contributed by atoms with Gasteiger partial charge >= 0.3 is 29.8 Å². The number of Topliss-reactive ketones (excluding diaryl/α,β-unsaturated/α-hetero) is 1. The molecule has 0 aromatic heterocycles. The highest BCUT2D eigenvalue weighted by molar-refractivity contribution is 6.09. The van der Waals surface area contributed by atoms with Gasteiger partial charge in [0.15, 0.2) is 5.78 Å². The summed E-state index contributed by atoms with van der Waals surface area (Å²) in [6.07, 6.45) is 1.12. The largest absolute Gasteiger partial charge is 0.469 e. The van der Waals surface area contributed by atoms with E-state index in [0.717, 1.165) is 17.6 Å². The van der Waals surface area contributed by atoms with Crippen LogP contribution in [-0.4, -0.2) is 102 Å². The molecule has 0 unspecified atom stereocenters. The summed E-state index contributed by atoms with van der Waals surface area (Å²) in [6, 6.07) is 0. The van der Waals surface area contributed by atoms with Crippen LogP contribution in [0.4, 0.5) is 0 Å². The second-order valence-electron chi connectivity index (χ2n) is 17.4. The molecule has 296 valence electrons. The quantitative estimate of drug-likeness (QED) is 0.126. The minimum Gasteiger partial charge on any atom is -0.469 e. The van der Waals surface area contributed by atoms with E-state index in [4.69, 9.17) is 18.9 Å². The molecule has 3 N–H and O–H groups in total. The molecule has 5 fully saturated rings. The van der Waals surface area contributed by atoms with Crippen LogP contribution in [0.3, 0.4) is 0 Å². The van der Waals surface area contributed by atoms with Crippen molar-refractivity contribution >= 4 is 35.6 Å². The standard InChI is InChI=1S/C41H48O14/c1-17(14-42)9-30(45)54-16-40(50)25-12-24(25)38(3)26(40)13-23-21(15-53-29(44)8-7-28(43)51-5)37(49)55-41(23)27(38)11-20-19-10-22(19)39(4)32(20)33(41)31(34(46)35(39)47)18(2)36(48)52-6/h9,19,22,24-27,33,35,42,47,50H,7-8,10-16H2,1-6H3/b17-9+,31-18-/t19-,22-,24-,25+,26-,27+,33+,35+,38-,39+,40+,41+/m1/s1. The number of methoxy groups -OCH3 is 2. The molecule has 0 aromatic carbocycles. The highest BCUT2D eigenvalue weighted by atomic mass is 16.6. The van der Waals surface area contributed by atoms with Crippen LogP contribution in [0, 0.1) is 52.3 Å². The Kier molecular flexibility index (Phi) is 8.54. The number of fused-ring (bicyclic) bond motifs is 7. The summed E-state index contributed by atoms with van der Waals surface area (Å²) in [4.78, 5) is 79.8. The monoisotopic (exact) mass is 764 g/mol. The Bertz CT molecular complexity index is 1970. The Morgan fingerprint density at radius 1 is 0.927 bits per heavy atom. The van der Waals surface area contributed by atoms with Crippen LogP contribution in [0.2, 0.25) is 0 Å². The lowest BCUT2D eigenvalue weighted by Gasteiger charge is -2.63. The number of aliphatic hydroxyl groups excluding tert-OH is 2. The van der Waals surface area contributed by atoms with E-state index in [2.05, 4.69) is 11.7 Å². The van der Waals surface area contributed by atoms with Crippen LogP contribution in [-0.2, 0) is 52.5 Å². The zero-order valence-electron chi connectivity index (χ0n) is 31.9. The predicted octanol–water partition coefficient (Wildman–Crippen LogP) is 1.99. The first-order valence-corrected chi connectivity index (χ1v) is 19.1. The fourth-order valence-electron chi connectivity index (χ4n) is 12.5. The van der Waals surface area contributed by atoms with Crippen molar-refractivity contribution in [2.75, 3.05) is 34.0 Å². The lowest BCUT2D eigenvalue weighted by Crippen LogP contribution is -2.67. The molecule has 1 heterocycles. The van der Waals surface area contributed by atoms with Crippen molar-refractivity contribution in [2.24, 2.45) is 52.3 Å². The molecule has 7 aliphatic carbocycles. The van der Waals surface area contributed by atoms with Crippen molar-refractivity contribution in [3.05, 3.63) is 45.1 Å². The molecule has 0 bridgehead atoms. The van der Waals surface area contributed by atoms with E-state index in [1.807, 2.05) is 6.92 Å². The average molecular weight is 765 g/mol. The summed E-state index contributed by atoms with van der Waals surface area (Å²) in [7, 11) is 2.41. The number of aliphatic hydroxyl groups is 3. The Balaban J connectivity index is 1.30. The summed E-state index contributed by atoms with van der Waals surface area (Å²) in [6.45, 7) is 5.86. The zero-order chi connectivity index (χ0) is 39.7. The average Bonchev–Trinajstić information content (AvgIpc) is 4.08. The SMILES string of the molecule is COC(=O)CCC(=O)OCC1=C2C[C@H]3[C@](O)(COC(=O)/C=C(\C)CO)[C@H]4C[C@H]4[C@@]3(C)[C@@H]3CC4=C5[C@H](/C(=C(\C)C(=O)OC)C(=O)[C@H](O)[C@@]5(C)[C@@H]5C[C@H]45)[C@]23OC1=O. The molecule has 55 heavy (non-hydrogen) atoms. The fraction of sp³-hybridized carbons (Fsp3) is 0.659. The van der Waals surface area contributed by atoms with Crippen LogP contribution in [0.1, 0.15) is 66.2 Å². The van der Waals surface area contributed by atoms with Crippen molar-refractivity contribution in [1.82, 2.24) is 0 Å². The van der Waals surface area contributed by atoms with Gasteiger partial charge in [0.25, 0.3) is 0 Å². The number of allylic oxidation sites excluding steroid dienone is 1. The normalized spacial score (nSPS) is 42.2. The molecule has 1 aliphatic heterocycles. The molecule has 0 radical (unpaired) electrons. The van der Waals surface area contributed by atoms with Gasteiger partial charge in [0.05, 0.1) is 45.2 Å². The summed E-state index contributed by atoms with van der Waals surface area (Å²) >= 11 is 0. The molecule has 0 saturated heterocycles. The molecule has 0 amide bonds. The number of hydrogen-bond acceptors (Lipinski definition) is 14. The molecular formula is C41H48O14. The van der Waals surface area contributed by atoms with E-state index in [-0.39, 0.29) is 72.9 Å². The molecule has 8 rings (SSSR count). The lowest BCUT2D eigenvalue weighted by atomic mass is 9.42. The molecule has 12 atom stereocenters. The maximum atomic E-state index is 14.6. The molecule has 0 aromatic rings. The Morgan fingerprint density at radius 2 is 1.64 bits per heavy atom. The molecule has 14 heteroatoms. The van der Waals surface area contributed by atoms with Crippen LogP contribution in [0.5, 0.6) is 0 Å². The van der Waals surface area contributed by atoms with Crippen LogP contribution in [0.15, 0.2) is 45.1 Å². The first-order valence-electron chi connectivity index (χ1n) is 19.1. The number of rotatable bonds is 10. The van der Waals surface area contributed by atoms with Gasteiger partial charge in [0.1, 0.15) is 30.5 Å². The second-order valence-corrected chi connectivity index (χ2v) is 17.4. The topological polar surface area (TPSA) is 209 Å². The van der Waals surface area contributed by atoms with Gasteiger partial charge in [-0.1, -0.05) is 19.4 Å². The third kappa shape index (κ3) is 4.89. The Labute approximate surface area is 317 Å². The Morgan fingerprint density at radius 3 is 2.31 bits per heavy atom. The number of hydrogen-bond donors (Lipinski definition) is 3. The highest BCUT2D eigenvalue weighted by Crippen LogP contribution is 2.83. The van der Waals surface area contributed by atoms with E-state index in [1.165, 1.54) is 27.2 Å². The maximum absolute atomic E-state index is 14.6. The van der Waals surface area contributed by atoms with E-state index in [9.17, 15) is 44.1 Å². The van der Waals surface area contributed by atoms with Crippen molar-refractivity contribution in [3.8, 4) is 0 Å². The molecule has 14 nitrogen and oxygen atoms in total. The highest BCUT2D eigenvalue weighted by Gasteiger charge is 2.84. The summed E-state index contributed by atoms with van der Waals surface area (Å²) in [5.41, 5.74) is -2.00. The first-order chi connectivity index (χ1) is 26.0. The van der Waals surface area contributed by atoms with Crippen molar-refractivity contribution < 1.29 is 67.8 Å². The number of ether oxygens (including phenoxy) is 5. The minimum absolute atomic E-state index is 0.00298. The van der Waals surface area contributed by atoms with Gasteiger partial charge in [-0.15, -0.1) is 0 Å². The van der Waals surface area contributed by atoms with Gasteiger partial charge in [-0.05, 0) is 85.3 Å². The van der Waals surface area contributed by atoms with Crippen molar-refractivity contribution in [3.63, 3.8) is 0 Å². The van der Waals surface area contributed by atoms with E-state index in [1.54, 1.807) is 6.92 Å². The summed E-state index contributed by atoms with van der Waals surface area (Å²) < 4.78 is 27.7. The van der Waals surface area contributed by atoms with Gasteiger partial charge < -0.3 is 39.0 Å². The smallest absolute Gasteiger partial charge is 0.338 e. The third-order valence-corrected chi connectivity index (χ3v) is 15.1. The van der Waals surface area contributed by atoms with Crippen molar-refractivity contribution in [2.45, 2.75) is 83.5 Å². The van der Waals surface area contributed by atoms with Gasteiger partial charge in [-0.2, -0.15) is 0 Å². The molecule has 8 aliphatic rings. The van der Waals surface area contributed by atoms with Gasteiger partial charge in [-0.25, -0.2) is 14.4 Å².